The van der Waals surface area contributed by atoms with Gasteiger partial charge in [0.15, 0.2) is 0 Å². The van der Waals surface area contributed by atoms with Crippen molar-refractivity contribution in [3.05, 3.63) is 30.1 Å². The highest BCUT2D eigenvalue weighted by Gasteiger charge is 2.09. The van der Waals surface area contributed by atoms with Crippen LogP contribution in [-0.4, -0.2) is 6.04 Å². The molecule has 0 saturated carbocycles. The minimum atomic E-state index is -0.188. The Morgan fingerprint density at radius 2 is 1.79 bits per heavy atom. The Morgan fingerprint density at radius 1 is 1.21 bits per heavy atom. The Labute approximate surface area is 85.3 Å². The van der Waals surface area contributed by atoms with Crippen molar-refractivity contribution in [2.45, 2.75) is 33.2 Å². The van der Waals surface area contributed by atoms with E-state index in [9.17, 15) is 4.39 Å². The SMILES string of the molecule is CC[C@H](C)[C@@H](C)Nc1ccc(F)cc1. The normalized spacial score (nSPS) is 14.9. The van der Waals surface area contributed by atoms with E-state index >= 15 is 0 Å². The van der Waals surface area contributed by atoms with Crippen LogP contribution in [0.1, 0.15) is 27.2 Å². The van der Waals surface area contributed by atoms with Gasteiger partial charge in [0, 0.05) is 11.7 Å². The van der Waals surface area contributed by atoms with Gasteiger partial charge in [-0.1, -0.05) is 20.3 Å². The van der Waals surface area contributed by atoms with Gasteiger partial charge in [0.1, 0.15) is 5.82 Å². The fraction of sp³-hybridized carbons (Fsp3) is 0.500. The average molecular weight is 195 g/mol. The molecule has 1 rings (SSSR count). The Morgan fingerprint density at radius 3 is 2.29 bits per heavy atom. The molecule has 1 aromatic carbocycles. The van der Waals surface area contributed by atoms with E-state index in [0.717, 1.165) is 12.1 Å². The highest BCUT2D eigenvalue weighted by atomic mass is 19.1. The molecule has 0 fully saturated rings. The fourth-order valence-electron chi connectivity index (χ4n) is 1.30. The monoisotopic (exact) mass is 195 g/mol. The zero-order valence-corrected chi connectivity index (χ0v) is 9.05. The Kier molecular flexibility index (Phi) is 3.93. The molecule has 0 aliphatic heterocycles. The van der Waals surface area contributed by atoms with E-state index in [1.165, 1.54) is 12.1 Å². The number of hydrogen-bond acceptors (Lipinski definition) is 1. The van der Waals surface area contributed by atoms with Crippen LogP contribution in [0.2, 0.25) is 0 Å². The van der Waals surface area contributed by atoms with Crippen molar-refractivity contribution < 1.29 is 4.39 Å². The first-order chi connectivity index (χ1) is 6.63. The summed E-state index contributed by atoms with van der Waals surface area (Å²) in [6.07, 6.45) is 1.15. The predicted molar refractivity (Wildman–Crippen MR) is 58.9 cm³/mol. The highest BCUT2D eigenvalue weighted by molar-refractivity contribution is 5.43. The largest absolute Gasteiger partial charge is 0.382 e. The number of halogens is 1. The Bertz CT molecular complexity index is 268. The lowest BCUT2D eigenvalue weighted by Gasteiger charge is -2.20. The second kappa shape index (κ2) is 4.99. The quantitative estimate of drug-likeness (QED) is 0.773. The van der Waals surface area contributed by atoms with E-state index < -0.39 is 0 Å². The molecule has 1 aromatic rings. The summed E-state index contributed by atoms with van der Waals surface area (Å²) in [5, 5.41) is 3.35. The zero-order chi connectivity index (χ0) is 10.6. The first kappa shape index (κ1) is 11.0. The smallest absolute Gasteiger partial charge is 0.123 e. The van der Waals surface area contributed by atoms with Gasteiger partial charge in [-0.05, 0) is 37.1 Å². The predicted octanol–water partition coefficient (Wildman–Crippen LogP) is 3.67. The number of hydrogen-bond donors (Lipinski definition) is 1. The molecule has 1 N–H and O–H groups in total. The molecule has 2 heteroatoms. The molecule has 0 radical (unpaired) electrons. The second-order valence-corrected chi connectivity index (χ2v) is 3.83. The molecule has 0 saturated heterocycles. The van der Waals surface area contributed by atoms with Crippen molar-refractivity contribution in [1.82, 2.24) is 0 Å². The van der Waals surface area contributed by atoms with Gasteiger partial charge in [-0.25, -0.2) is 4.39 Å². The van der Waals surface area contributed by atoms with Gasteiger partial charge in [0.2, 0.25) is 0 Å². The summed E-state index contributed by atoms with van der Waals surface area (Å²) in [5.74, 6) is 0.437. The van der Waals surface area contributed by atoms with E-state index in [0.29, 0.717) is 12.0 Å². The van der Waals surface area contributed by atoms with E-state index in [4.69, 9.17) is 0 Å². The van der Waals surface area contributed by atoms with Crippen LogP contribution in [0.15, 0.2) is 24.3 Å². The maximum absolute atomic E-state index is 12.6. The van der Waals surface area contributed by atoms with Crippen molar-refractivity contribution in [2.24, 2.45) is 5.92 Å². The summed E-state index contributed by atoms with van der Waals surface area (Å²) in [6, 6.07) is 6.92. The molecule has 0 bridgehead atoms. The molecule has 0 aliphatic carbocycles. The number of anilines is 1. The van der Waals surface area contributed by atoms with E-state index in [1.807, 2.05) is 0 Å². The van der Waals surface area contributed by atoms with E-state index in [1.54, 1.807) is 12.1 Å². The molecule has 78 valence electrons. The fourth-order valence-corrected chi connectivity index (χ4v) is 1.30. The average Bonchev–Trinajstić information content (AvgIpc) is 2.20. The first-order valence-electron chi connectivity index (χ1n) is 5.15. The van der Waals surface area contributed by atoms with Gasteiger partial charge in [-0.3, -0.25) is 0 Å². The van der Waals surface area contributed by atoms with Crippen LogP contribution in [0.25, 0.3) is 0 Å². The van der Waals surface area contributed by atoms with Crippen LogP contribution in [0.4, 0.5) is 10.1 Å². The number of rotatable bonds is 4. The van der Waals surface area contributed by atoms with Crippen LogP contribution in [-0.2, 0) is 0 Å². The van der Waals surface area contributed by atoms with Gasteiger partial charge < -0.3 is 5.32 Å². The molecule has 1 nitrogen and oxygen atoms in total. The third-order valence-electron chi connectivity index (χ3n) is 2.74. The molecule has 2 atom stereocenters. The van der Waals surface area contributed by atoms with E-state index in [2.05, 4.69) is 26.1 Å². The maximum atomic E-state index is 12.6. The van der Waals surface area contributed by atoms with Crippen molar-refractivity contribution in [1.29, 1.82) is 0 Å². The lowest BCUT2D eigenvalue weighted by atomic mass is 10.0. The minimum Gasteiger partial charge on any atom is -0.382 e. The standard InChI is InChI=1S/C12H18FN/c1-4-9(2)10(3)14-12-7-5-11(13)6-8-12/h5-10,14H,4H2,1-3H3/t9-,10+/m0/s1. The van der Waals surface area contributed by atoms with Crippen molar-refractivity contribution in [3.8, 4) is 0 Å². The van der Waals surface area contributed by atoms with Gasteiger partial charge in [-0.2, -0.15) is 0 Å². The zero-order valence-electron chi connectivity index (χ0n) is 9.05. The van der Waals surface area contributed by atoms with Crippen LogP contribution < -0.4 is 5.32 Å². The van der Waals surface area contributed by atoms with Gasteiger partial charge in [0.25, 0.3) is 0 Å². The van der Waals surface area contributed by atoms with Crippen LogP contribution in [0.3, 0.4) is 0 Å². The van der Waals surface area contributed by atoms with Crippen molar-refractivity contribution >= 4 is 5.69 Å². The van der Waals surface area contributed by atoms with Crippen LogP contribution in [0.5, 0.6) is 0 Å². The number of benzene rings is 1. The molecular formula is C12H18FN. The van der Waals surface area contributed by atoms with Crippen LogP contribution >= 0.6 is 0 Å². The Balaban J connectivity index is 2.56. The minimum absolute atomic E-state index is 0.188. The summed E-state index contributed by atoms with van der Waals surface area (Å²) in [6.45, 7) is 6.53. The number of nitrogens with one attached hydrogen (secondary N) is 1. The highest BCUT2D eigenvalue weighted by Crippen LogP contribution is 2.15. The third-order valence-corrected chi connectivity index (χ3v) is 2.74. The molecule has 0 aromatic heterocycles. The lowest BCUT2D eigenvalue weighted by molar-refractivity contribution is 0.494. The van der Waals surface area contributed by atoms with E-state index in [-0.39, 0.29) is 5.82 Å². The molecule has 14 heavy (non-hydrogen) atoms. The third kappa shape index (κ3) is 3.02. The Hall–Kier alpha value is -1.05. The summed E-state index contributed by atoms with van der Waals surface area (Å²) in [5.41, 5.74) is 0.985. The molecule has 0 amide bonds. The van der Waals surface area contributed by atoms with Crippen molar-refractivity contribution in [3.63, 3.8) is 0 Å². The summed E-state index contributed by atoms with van der Waals surface area (Å²) in [7, 11) is 0. The summed E-state index contributed by atoms with van der Waals surface area (Å²) in [4.78, 5) is 0. The van der Waals surface area contributed by atoms with Gasteiger partial charge in [0.05, 0.1) is 0 Å². The second-order valence-electron chi connectivity index (χ2n) is 3.83. The van der Waals surface area contributed by atoms with Crippen molar-refractivity contribution in [2.75, 3.05) is 5.32 Å². The molecule has 0 spiro atoms. The molecule has 0 aliphatic rings. The topological polar surface area (TPSA) is 12.0 Å². The molecular weight excluding hydrogens is 177 g/mol. The molecule has 0 unspecified atom stereocenters. The summed E-state index contributed by atoms with van der Waals surface area (Å²) >= 11 is 0. The van der Waals surface area contributed by atoms with Crippen LogP contribution in [0, 0.1) is 11.7 Å². The lowest BCUT2D eigenvalue weighted by Crippen LogP contribution is -2.23. The first-order valence-corrected chi connectivity index (χ1v) is 5.15. The molecule has 0 heterocycles. The van der Waals surface area contributed by atoms with Gasteiger partial charge >= 0.3 is 0 Å². The maximum Gasteiger partial charge on any atom is 0.123 e. The van der Waals surface area contributed by atoms with Gasteiger partial charge in [-0.15, -0.1) is 0 Å². The summed E-state index contributed by atoms with van der Waals surface area (Å²) < 4.78 is 12.6.